The Morgan fingerprint density at radius 3 is 3.14 bits per heavy atom. The summed E-state index contributed by atoms with van der Waals surface area (Å²) in [5.74, 6) is 1.44. The third-order valence-electron chi connectivity index (χ3n) is 4.30. The van der Waals surface area contributed by atoms with Crippen LogP contribution in [0.25, 0.3) is 10.9 Å². The SMILES string of the molecule is COC1=CC=CC2CN(Cc3c[nH]c4ccccc34)C=C12. The highest BCUT2D eigenvalue weighted by molar-refractivity contribution is 5.83. The molecule has 0 amide bonds. The van der Waals surface area contributed by atoms with Crippen LogP contribution in [-0.4, -0.2) is 23.5 Å². The number of nitrogens with zero attached hydrogens (tertiary/aromatic N) is 1. The highest BCUT2D eigenvalue weighted by Gasteiger charge is 2.27. The number of para-hydroxylation sites is 1. The Morgan fingerprint density at radius 1 is 1.33 bits per heavy atom. The van der Waals surface area contributed by atoms with Crippen molar-refractivity contribution in [1.29, 1.82) is 0 Å². The van der Waals surface area contributed by atoms with E-state index in [1.807, 2.05) is 6.08 Å². The molecule has 0 saturated carbocycles. The summed E-state index contributed by atoms with van der Waals surface area (Å²) in [6, 6.07) is 8.46. The molecule has 1 N–H and O–H groups in total. The summed E-state index contributed by atoms with van der Waals surface area (Å²) in [6.45, 7) is 1.95. The number of benzene rings is 1. The molecule has 1 aromatic heterocycles. The minimum Gasteiger partial charge on any atom is -0.496 e. The van der Waals surface area contributed by atoms with Crippen molar-refractivity contribution in [2.75, 3.05) is 13.7 Å². The molecule has 0 fully saturated rings. The summed E-state index contributed by atoms with van der Waals surface area (Å²) in [6.07, 6.45) is 10.7. The van der Waals surface area contributed by atoms with Crippen LogP contribution in [0.2, 0.25) is 0 Å². The number of methoxy groups -OCH3 is 1. The zero-order valence-electron chi connectivity index (χ0n) is 12.0. The van der Waals surface area contributed by atoms with E-state index in [-0.39, 0.29) is 0 Å². The zero-order valence-corrected chi connectivity index (χ0v) is 12.0. The van der Waals surface area contributed by atoms with E-state index in [1.54, 1.807) is 7.11 Å². The normalized spacial score (nSPS) is 20.4. The van der Waals surface area contributed by atoms with Gasteiger partial charge in [0.25, 0.3) is 0 Å². The molecule has 0 saturated heterocycles. The van der Waals surface area contributed by atoms with E-state index in [0.717, 1.165) is 18.8 Å². The van der Waals surface area contributed by atoms with Crippen LogP contribution in [-0.2, 0) is 11.3 Å². The number of aromatic amines is 1. The predicted octanol–water partition coefficient (Wildman–Crippen LogP) is 3.58. The number of nitrogens with one attached hydrogen (secondary N) is 1. The Morgan fingerprint density at radius 2 is 2.24 bits per heavy atom. The first kappa shape index (κ1) is 12.3. The highest BCUT2D eigenvalue weighted by Crippen LogP contribution is 2.33. The van der Waals surface area contributed by atoms with Crippen LogP contribution >= 0.6 is 0 Å². The summed E-state index contributed by atoms with van der Waals surface area (Å²) < 4.78 is 5.47. The lowest BCUT2D eigenvalue weighted by atomic mass is 9.96. The van der Waals surface area contributed by atoms with Crippen molar-refractivity contribution in [3.8, 4) is 0 Å². The van der Waals surface area contributed by atoms with Gasteiger partial charge in [-0.1, -0.05) is 30.4 Å². The Hall–Kier alpha value is -2.42. The molecule has 0 radical (unpaired) electrons. The molecule has 1 aromatic carbocycles. The van der Waals surface area contributed by atoms with Gasteiger partial charge in [-0.15, -0.1) is 0 Å². The Bertz CT molecular complexity index is 766. The van der Waals surface area contributed by atoms with Gasteiger partial charge in [0.15, 0.2) is 0 Å². The van der Waals surface area contributed by atoms with Crippen molar-refractivity contribution in [2.24, 2.45) is 5.92 Å². The van der Waals surface area contributed by atoms with Gasteiger partial charge < -0.3 is 14.6 Å². The van der Waals surface area contributed by atoms with Crippen molar-refractivity contribution in [3.05, 3.63) is 71.8 Å². The van der Waals surface area contributed by atoms with Crippen molar-refractivity contribution < 1.29 is 4.74 Å². The third-order valence-corrected chi connectivity index (χ3v) is 4.30. The van der Waals surface area contributed by atoms with E-state index in [1.165, 1.54) is 22.0 Å². The molecule has 0 spiro atoms. The Balaban J connectivity index is 1.61. The lowest BCUT2D eigenvalue weighted by Crippen LogP contribution is -2.17. The van der Waals surface area contributed by atoms with E-state index in [9.17, 15) is 0 Å². The number of rotatable bonds is 3. The number of hydrogen-bond acceptors (Lipinski definition) is 2. The second kappa shape index (κ2) is 4.85. The fourth-order valence-corrected chi connectivity index (χ4v) is 3.26. The maximum atomic E-state index is 5.47. The van der Waals surface area contributed by atoms with Gasteiger partial charge in [-0.25, -0.2) is 0 Å². The average Bonchev–Trinajstić information content (AvgIpc) is 3.11. The molecule has 2 aromatic rings. The molecule has 1 aliphatic carbocycles. The summed E-state index contributed by atoms with van der Waals surface area (Å²) in [5, 5.41) is 1.31. The second-order valence-corrected chi connectivity index (χ2v) is 5.60. The molecule has 3 nitrogen and oxygen atoms in total. The van der Waals surface area contributed by atoms with Crippen LogP contribution in [0.15, 0.2) is 66.2 Å². The molecular formula is C18H18N2O. The van der Waals surface area contributed by atoms with E-state index >= 15 is 0 Å². The second-order valence-electron chi connectivity index (χ2n) is 5.60. The first-order chi connectivity index (χ1) is 10.3. The zero-order chi connectivity index (χ0) is 14.2. The van der Waals surface area contributed by atoms with Gasteiger partial charge in [-0.2, -0.15) is 0 Å². The van der Waals surface area contributed by atoms with Crippen LogP contribution in [0.1, 0.15) is 5.56 Å². The van der Waals surface area contributed by atoms with Crippen LogP contribution in [0.5, 0.6) is 0 Å². The molecule has 2 heterocycles. The molecule has 1 unspecified atom stereocenters. The van der Waals surface area contributed by atoms with E-state index in [2.05, 4.69) is 58.7 Å². The first-order valence-corrected chi connectivity index (χ1v) is 7.29. The van der Waals surface area contributed by atoms with Crippen LogP contribution in [0.3, 0.4) is 0 Å². The van der Waals surface area contributed by atoms with Crippen molar-refractivity contribution in [3.63, 3.8) is 0 Å². The number of hydrogen-bond donors (Lipinski definition) is 1. The molecule has 1 atom stereocenters. The summed E-state index contributed by atoms with van der Waals surface area (Å²) in [4.78, 5) is 5.72. The van der Waals surface area contributed by atoms with Crippen molar-refractivity contribution >= 4 is 10.9 Å². The van der Waals surface area contributed by atoms with Gasteiger partial charge in [0, 0.05) is 47.9 Å². The van der Waals surface area contributed by atoms with E-state index in [0.29, 0.717) is 5.92 Å². The van der Waals surface area contributed by atoms with Crippen LogP contribution < -0.4 is 0 Å². The number of aromatic nitrogens is 1. The Labute approximate surface area is 124 Å². The van der Waals surface area contributed by atoms with Gasteiger partial charge in [-0.3, -0.25) is 0 Å². The maximum Gasteiger partial charge on any atom is 0.124 e. The largest absolute Gasteiger partial charge is 0.496 e. The molecule has 0 bridgehead atoms. The fraction of sp³-hybridized carbons (Fsp3) is 0.222. The molecule has 106 valence electrons. The predicted molar refractivity (Wildman–Crippen MR) is 84.5 cm³/mol. The number of fused-ring (bicyclic) bond motifs is 2. The van der Waals surface area contributed by atoms with Gasteiger partial charge in [-0.05, 0) is 17.7 Å². The van der Waals surface area contributed by atoms with Gasteiger partial charge in [0.05, 0.1) is 7.11 Å². The maximum absolute atomic E-state index is 5.47. The minimum atomic E-state index is 0.454. The summed E-state index contributed by atoms with van der Waals surface area (Å²) in [5.41, 5.74) is 3.84. The number of allylic oxidation sites excluding steroid dienone is 3. The molecular weight excluding hydrogens is 260 g/mol. The number of ether oxygens (including phenoxy) is 1. The summed E-state index contributed by atoms with van der Waals surface area (Å²) in [7, 11) is 1.74. The van der Waals surface area contributed by atoms with Crippen LogP contribution in [0.4, 0.5) is 0 Å². The van der Waals surface area contributed by atoms with E-state index < -0.39 is 0 Å². The minimum absolute atomic E-state index is 0.454. The molecule has 3 heteroatoms. The smallest absolute Gasteiger partial charge is 0.124 e. The highest BCUT2D eigenvalue weighted by atomic mass is 16.5. The van der Waals surface area contributed by atoms with Crippen molar-refractivity contribution in [2.45, 2.75) is 6.54 Å². The standard InChI is InChI=1S/C18H18N2O/c1-21-18-8-4-5-13-10-20(12-16(13)18)11-14-9-19-17-7-3-2-6-15(14)17/h2-9,12-13,19H,10-11H2,1H3. The monoisotopic (exact) mass is 278 g/mol. The quantitative estimate of drug-likeness (QED) is 0.929. The molecule has 4 rings (SSSR count). The molecule has 2 aliphatic rings. The third kappa shape index (κ3) is 2.05. The fourth-order valence-electron chi connectivity index (χ4n) is 3.26. The summed E-state index contributed by atoms with van der Waals surface area (Å²) >= 11 is 0. The Kier molecular flexibility index (Phi) is 2.85. The van der Waals surface area contributed by atoms with Crippen LogP contribution in [0, 0.1) is 5.92 Å². The lowest BCUT2D eigenvalue weighted by Gasteiger charge is -2.17. The molecule has 1 aliphatic heterocycles. The molecule has 21 heavy (non-hydrogen) atoms. The lowest BCUT2D eigenvalue weighted by molar-refractivity contribution is 0.295. The van der Waals surface area contributed by atoms with Gasteiger partial charge >= 0.3 is 0 Å². The average molecular weight is 278 g/mol. The number of H-pyrrole nitrogens is 1. The first-order valence-electron chi connectivity index (χ1n) is 7.29. The van der Waals surface area contributed by atoms with Crippen molar-refractivity contribution in [1.82, 2.24) is 9.88 Å². The van der Waals surface area contributed by atoms with E-state index in [4.69, 9.17) is 4.74 Å². The topological polar surface area (TPSA) is 28.3 Å². The van der Waals surface area contributed by atoms with Gasteiger partial charge in [0.1, 0.15) is 5.76 Å². The van der Waals surface area contributed by atoms with Gasteiger partial charge in [0.2, 0.25) is 0 Å².